The second-order valence-corrected chi connectivity index (χ2v) is 5.91. The van der Waals surface area contributed by atoms with E-state index in [9.17, 15) is 17.6 Å². The van der Waals surface area contributed by atoms with Gasteiger partial charge in [-0.15, -0.1) is 0 Å². The lowest BCUT2D eigenvalue weighted by molar-refractivity contribution is 0.0691. The Morgan fingerprint density at radius 2 is 2.05 bits per heavy atom. The number of anilines is 1. The number of nitrogens with one attached hydrogen (secondary N) is 1. The predicted octanol–water partition coefficient (Wildman–Crippen LogP) is 2.03. The van der Waals surface area contributed by atoms with Crippen LogP contribution in [0.1, 0.15) is 15.9 Å². The number of benzene rings is 1. The van der Waals surface area contributed by atoms with E-state index >= 15 is 0 Å². The van der Waals surface area contributed by atoms with Crippen LogP contribution in [0.15, 0.2) is 41.4 Å². The van der Waals surface area contributed by atoms with Crippen LogP contribution in [0.3, 0.4) is 0 Å². The first-order valence-electron chi connectivity index (χ1n) is 5.78. The van der Waals surface area contributed by atoms with Gasteiger partial charge in [-0.25, -0.2) is 22.6 Å². The fourth-order valence-electron chi connectivity index (χ4n) is 1.67. The quantitative estimate of drug-likeness (QED) is 0.900. The number of hydrogen-bond donors (Lipinski definition) is 2. The molecule has 1 aromatic carbocycles. The van der Waals surface area contributed by atoms with Gasteiger partial charge in [0, 0.05) is 6.20 Å². The van der Waals surface area contributed by atoms with Crippen LogP contribution in [-0.2, 0) is 10.0 Å². The number of pyridine rings is 1. The van der Waals surface area contributed by atoms with Gasteiger partial charge in [0.2, 0.25) is 0 Å². The van der Waals surface area contributed by atoms with E-state index in [4.69, 9.17) is 5.11 Å². The summed E-state index contributed by atoms with van der Waals surface area (Å²) < 4.78 is 40.2. The second kappa shape index (κ2) is 5.49. The molecule has 2 aromatic rings. The fraction of sp³-hybridized carbons (Fsp3) is 0.0769. The highest BCUT2D eigenvalue weighted by Crippen LogP contribution is 2.21. The summed E-state index contributed by atoms with van der Waals surface area (Å²) in [5, 5.41) is 8.90. The Balaban J connectivity index is 2.48. The monoisotopic (exact) mass is 310 g/mol. The van der Waals surface area contributed by atoms with Gasteiger partial charge >= 0.3 is 5.97 Å². The van der Waals surface area contributed by atoms with E-state index in [1.165, 1.54) is 19.2 Å². The zero-order valence-electron chi connectivity index (χ0n) is 10.9. The maximum atomic E-state index is 13.6. The van der Waals surface area contributed by atoms with Gasteiger partial charge in [-0.1, -0.05) is 6.07 Å². The first kappa shape index (κ1) is 14.9. The molecule has 0 unspecified atom stereocenters. The third kappa shape index (κ3) is 3.16. The molecule has 0 aliphatic heterocycles. The van der Waals surface area contributed by atoms with E-state index in [2.05, 4.69) is 9.71 Å². The molecule has 6 nitrogen and oxygen atoms in total. The minimum absolute atomic E-state index is 0.0729. The molecule has 0 saturated heterocycles. The van der Waals surface area contributed by atoms with Crippen LogP contribution in [-0.4, -0.2) is 24.5 Å². The van der Waals surface area contributed by atoms with Crippen molar-refractivity contribution in [3.63, 3.8) is 0 Å². The van der Waals surface area contributed by atoms with Crippen molar-refractivity contribution in [1.29, 1.82) is 0 Å². The number of hydrogen-bond acceptors (Lipinski definition) is 4. The lowest BCUT2D eigenvalue weighted by Crippen LogP contribution is -2.15. The molecule has 0 saturated carbocycles. The van der Waals surface area contributed by atoms with Crippen molar-refractivity contribution in [2.24, 2.45) is 0 Å². The Morgan fingerprint density at radius 1 is 1.33 bits per heavy atom. The first-order chi connectivity index (χ1) is 9.81. The largest absolute Gasteiger partial charge is 0.478 e. The molecule has 2 N–H and O–H groups in total. The average molecular weight is 310 g/mol. The number of aromatic carboxylic acids is 1. The average Bonchev–Trinajstić information content (AvgIpc) is 2.41. The van der Waals surface area contributed by atoms with E-state index in [0.29, 0.717) is 0 Å². The Hall–Kier alpha value is -2.48. The Kier molecular flexibility index (Phi) is 3.90. The number of rotatable bonds is 4. The Morgan fingerprint density at radius 3 is 2.62 bits per heavy atom. The molecule has 0 aliphatic rings. The van der Waals surface area contributed by atoms with Gasteiger partial charge in [0.15, 0.2) is 0 Å². The van der Waals surface area contributed by atoms with Crippen molar-refractivity contribution < 1.29 is 22.7 Å². The van der Waals surface area contributed by atoms with Gasteiger partial charge < -0.3 is 5.11 Å². The zero-order valence-corrected chi connectivity index (χ0v) is 11.7. The van der Waals surface area contributed by atoms with Crippen LogP contribution in [0, 0.1) is 12.7 Å². The predicted molar refractivity (Wildman–Crippen MR) is 73.1 cm³/mol. The molecule has 1 aromatic heterocycles. The van der Waals surface area contributed by atoms with E-state index in [-0.39, 0.29) is 16.3 Å². The maximum absolute atomic E-state index is 13.6. The number of carbonyl (C=O) groups is 1. The third-order valence-electron chi connectivity index (χ3n) is 2.67. The number of aromatic nitrogens is 1. The number of nitrogens with zero attached hydrogens (tertiary/aromatic N) is 1. The highest BCUT2D eigenvalue weighted by atomic mass is 32.2. The van der Waals surface area contributed by atoms with Crippen molar-refractivity contribution in [1.82, 2.24) is 4.98 Å². The fourth-order valence-corrected chi connectivity index (χ4v) is 2.79. The molecule has 0 fully saturated rings. The van der Waals surface area contributed by atoms with Gasteiger partial charge in [-0.05, 0) is 36.8 Å². The summed E-state index contributed by atoms with van der Waals surface area (Å²) in [6, 6.07) is 6.47. The van der Waals surface area contributed by atoms with Gasteiger partial charge in [0.1, 0.15) is 11.6 Å². The molecule has 110 valence electrons. The number of carboxylic acids is 1. The summed E-state index contributed by atoms with van der Waals surface area (Å²) in [4.78, 5) is 14.4. The topological polar surface area (TPSA) is 96.4 Å². The summed E-state index contributed by atoms with van der Waals surface area (Å²) in [6.45, 7) is 1.29. The number of carboxylic acid groups (broad SMARTS) is 1. The summed E-state index contributed by atoms with van der Waals surface area (Å²) >= 11 is 0. The second-order valence-electron chi connectivity index (χ2n) is 4.23. The zero-order chi connectivity index (χ0) is 15.6. The van der Waals surface area contributed by atoms with E-state index < -0.39 is 27.4 Å². The van der Waals surface area contributed by atoms with E-state index in [1.54, 1.807) is 12.1 Å². The molecule has 0 bridgehead atoms. The lowest BCUT2D eigenvalue weighted by Gasteiger charge is -2.09. The molecule has 0 aliphatic carbocycles. The SMILES string of the molecule is Cc1cc(S(=O)(=O)Nc2ccccn2)cc(C(=O)O)c1F. The van der Waals surface area contributed by atoms with Crippen molar-refractivity contribution in [2.75, 3.05) is 4.72 Å². The number of halogens is 1. The van der Waals surface area contributed by atoms with Gasteiger partial charge in [-0.2, -0.15) is 0 Å². The third-order valence-corrected chi connectivity index (χ3v) is 4.01. The van der Waals surface area contributed by atoms with E-state index in [1.807, 2.05) is 0 Å². The summed E-state index contributed by atoms with van der Waals surface area (Å²) in [7, 11) is -4.05. The van der Waals surface area contributed by atoms with Crippen LogP contribution in [0.4, 0.5) is 10.2 Å². The standard InChI is InChI=1S/C13H11FN2O4S/c1-8-6-9(7-10(12(8)14)13(17)18)21(19,20)16-11-4-2-3-5-15-11/h2-7H,1H3,(H,15,16)(H,17,18). The van der Waals surface area contributed by atoms with Gasteiger partial charge in [0.25, 0.3) is 10.0 Å². The smallest absolute Gasteiger partial charge is 0.338 e. The maximum Gasteiger partial charge on any atom is 0.338 e. The minimum atomic E-state index is -4.05. The molecule has 2 rings (SSSR count). The van der Waals surface area contributed by atoms with Crippen molar-refractivity contribution in [3.8, 4) is 0 Å². The van der Waals surface area contributed by atoms with Crippen molar-refractivity contribution >= 4 is 21.8 Å². The van der Waals surface area contributed by atoms with Gasteiger partial charge in [0.05, 0.1) is 10.5 Å². The minimum Gasteiger partial charge on any atom is -0.478 e. The molecule has 0 atom stereocenters. The van der Waals surface area contributed by atoms with Crippen LogP contribution >= 0.6 is 0 Å². The summed E-state index contributed by atoms with van der Waals surface area (Å²) in [5.74, 6) is -2.42. The lowest BCUT2D eigenvalue weighted by atomic mass is 10.1. The normalized spacial score (nSPS) is 11.1. The molecular formula is C13H11FN2O4S. The molecule has 1 heterocycles. The first-order valence-corrected chi connectivity index (χ1v) is 7.27. The molecule has 0 spiro atoms. The number of sulfonamides is 1. The van der Waals surface area contributed by atoms with Crippen LogP contribution < -0.4 is 4.72 Å². The summed E-state index contributed by atoms with van der Waals surface area (Å²) in [5.41, 5.74) is -0.771. The highest BCUT2D eigenvalue weighted by molar-refractivity contribution is 7.92. The molecule has 21 heavy (non-hydrogen) atoms. The Labute approximate surface area is 120 Å². The molecular weight excluding hydrogens is 299 g/mol. The molecule has 0 amide bonds. The number of aryl methyl sites for hydroxylation is 1. The van der Waals surface area contributed by atoms with Crippen molar-refractivity contribution in [3.05, 3.63) is 53.5 Å². The van der Waals surface area contributed by atoms with E-state index in [0.717, 1.165) is 12.1 Å². The van der Waals surface area contributed by atoms with Crippen LogP contribution in [0.5, 0.6) is 0 Å². The Bertz CT molecular complexity index is 791. The summed E-state index contributed by atoms with van der Waals surface area (Å²) in [6.07, 6.45) is 1.40. The highest BCUT2D eigenvalue weighted by Gasteiger charge is 2.21. The molecule has 0 radical (unpaired) electrons. The van der Waals surface area contributed by atoms with Crippen LogP contribution in [0.25, 0.3) is 0 Å². The van der Waals surface area contributed by atoms with Crippen molar-refractivity contribution in [2.45, 2.75) is 11.8 Å². The van der Waals surface area contributed by atoms with Gasteiger partial charge in [-0.3, -0.25) is 4.72 Å². The van der Waals surface area contributed by atoms with Crippen LogP contribution in [0.2, 0.25) is 0 Å². The molecule has 8 heteroatoms.